The molecule has 0 radical (unpaired) electrons. The number of hydrogen-bond donors (Lipinski definition) is 2. The number of carboxylic acid groups (broad SMARTS) is 1. The maximum absolute atomic E-state index is 10.9. The molecule has 1 aromatic rings. The first-order valence-corrected chi connectivity index (χ1v) is 8.20. The average molecular weight is 286 g/mol. The summed E-state index contributed by atoms with van der Waals surface area (Å²) < 4.78 is 0. The summed E-state index contributed by atoms with van der Waals surface area (Å²) in [5.74, 6) is -0.942. The fourth-order valence-corrected chi connectivity index (χ4v) is 4.03. The number of nitrogens with one attached hydrogen (secondary N) is 1. The van der Waals surface area contributed by atoms with Crippen LogP contribution < -0.4 is 5.32 Å². The third-order valence-electron chi connectivity index (χ3n) is 3.29. The summed E-state index contributed by atoms with van der Waals surface area (Å²) in [7, 11) is 0. The molecule has 1 aliphatic rings. The van der Waals surface area contributed by atoms with Crippen molar-refractivity contribution in [3.63, 3.8) is 0 Å². The molecule has 18 heavy (non-hydrogen) atoms. The van der Waals surface area contributed by atoms with E-state index in [-0.39, 0.29) is 5.69 Å². The van der Waals surface area contributed by atoms with Crippen molar-refractivity contribution in [2.75, 3.05) is 11.6 Å². The van der Waals surface area contributed by atoms with Crippen LogP contribution in [0.3, 0.4) is 0 Å². The van der Waals surface area contributed by atoms with Crippen molar-refractivity contribution in [1.82, 2.24) is 4.98 Å². The fourth-order valence-electron chi connectivity index (χ4n) is 2.32. The van der Waals surface area contributed by atoms with Crippen molar-refractivity contribution >= 4 is 34.2 Å². The third-order valence-corrected chi connectivity index (χ3v) is 5.28. The molecule has 0 bridgehead atoms. The van der Waals surface area contributed by atoms with E-state index in [1.165, 1.54) is 24.2 Å². The maximum Gasteiger partial charge on any atom is 0.355 e. The first-order chi connectivity index (χ1) is 8.60. The zero-order chi connectivity index (χ0) is 13.1. The van der Waals surface area contributed by atoms with Gasteiger partial charge in [-0.1, -0.05) is 6.42 Å². The Hall–Kier alpha value is -0.750. The van der Waals surface area contributed by atoms with Gasteiger partial charge in [0.25, 0.3) is 0 Å². The number of aryl methyl sites for hydroxylation is 1. The summed E-state index contributed by atoms with van der Waals surface area (Å²) in [4.78, 5) is 15.9. The lowest BCUT2D eigenvalue weighted by molar-refractivity contribution is 0.0690. The number of anilines is 1. The van der Waals surface area contributed by atoms with Crippen molar-refractivity contribution in [2.45, 2.75) is 43.9 Å². The van der Waals surface area contributed by atoms with E-state index >= 15 is 0 Å². The Labute approximate surface area is 115 Å². The van der Waals surface area contributed by atoms with Gasteiger partial charge in [0.15, 0.2) is 10.8 Å². The highest BCUT2D eigenvalue weighted by atomic mass is 32.2. The molecule has 0 amide bonds. The van der Waals surface area contributed by atoms with Gasteiger partial charge in [0, 0.05) is 16.2 Å². The average Bonchev–Trinajstić information content (AvgIpc) is 2.70. The van der Waals surface area contributed by atoms with Crippen LogP contribution in [0.2, 0.25) is 0 Å². The van der Waals surface area contributed by atoms with Gasteiger partial charge in [0.1, 0.15) is 0 Å². The summed E-state index contributed by atoms with van der Waals surface area (Å²) in [5.41, 5.74) is 0.180. The van der Waals surface area contributed by atoms with Crippen LogP contribution in [-0.4, -0.2) is 33.6 Å². The van der Waals surface area contributed by atoms with Crippen LogP contribution in [0.15, 0.2) is 0 Å². The fraction of sp³-hybridized carbons (Fsp3) is 0.667. The SMILES string of the molecule is CSC1CCCC(Nc2nc(C(=O)O)c(C)s2)C1. The van der Waals surface area contributed by atoms with Crippen LogP contribution in [0.5, 0.6) is 0 Å². The second-order valence-corrected chi connectivity index (χ2v) is 6.94. The summed E-state index contributed by atoms with van der Waals surface area (Å²) in [6.07, 6.45) is 6.97. The smallest absolute Gasteiger partial charge is 0.355 e. The number of carbonyl (C=O) groups is 1. The van der Waals surface area contributed by atoms with E-state index < -0.39 is 5.97 Å². The van der Waals surface area contributed by atoms with Crippen LogP contribution in [0, 0.1) is 6.92 Å². The molecule has 100 valence electrons. The Balaban J connectivity index is 2.00. The minimum absolute atomic E-state index is 0.180. The van der Waals surface area contributed by atoms with Gasteiger partial charge in [-0.3, -0.25) is 0 Å². The lowest BCUT2D eigenvalue weighted by Gasteiger charge is -2.28. The predicted octanol–water partition coefficient (Wildman–Crippen LogP) is 3.24. The minimum Gasteiger partial charge on any atom is -0.476 e. The first-order valence-electron chi connectivity index (χ1n) is 6.10. The standard InChI is InChI=1S/C12H18N2O2S2/c1-7-10(11(15)16)14-12(18-7)13-8-4-3-5-9(6-8)17-2/h8-9H,3-6H2,1-2H3,(H,13,14)(H,15,16). The molecule has 6 heteroatoms. The number of aromatic carboxylic acids is 1. The monoisotopic (exact) mass is 286 g/mol. The molecule has 1 saturated carbocycles. The summed E-state index contributed by atoms with van der Waals surface area (Å²) in [5, 5.41) is 13.8. The molecule has 1 fully saturated rings. The predicted molar refractivity (Wildman–Crippen MR) is 77.0 cm³/mol. The Kier molecular flexibility index (Phi) is 4.50. The van der Waals surface area contributed by atoms with Crippen molar-refractivity contribution in [3.8, 4) is 0 Å². The Morgan fingerprint density at radius 2 is 2.33 bits per heavy atom. The highest BCUT2D eigenvalue weighted by Gasteiger charge is 2.23. The van der Waals surface area contributed by atoms with Crippen molar-refractivity contribution < 1.29 is 9.90 Å². The molecule has 1 aliphatic carbocycles. The lowest BCUT2D eigenvalue weighted by atomic mass is 9.95. The second kappa shape index (κ2) is 5.93. The van der Waals surface area contributed by atoms with E-state index in [9.17, 15) is 4.79 Å². The maximum atomic E-state index is 10.9. The third kappa shape index (κ3) is 3.17. The number of nitrogens with zero attached hydrogens (tertiary/aromatic N) is 1. The van der Waals surface area contributed by atoms with Gasteiger partial charge in [0.2, 0.25) is 0 Å². The van der Waals surface area contributed by atoms with Gasteiger partial charge in [-0.05, 0) is 32.4 Å². The van der Waals surface area contributed by atoms with Crippen LogP contribution in [0.1, 0.15) is 41.0 Å². The largest absolute Gasteiger partial charge is 0.476 e. The zero-order valence-corrected chi connectivity index (χ0v) is 12.2. The molecule has 2 N–H and O–H groups in total. The Morgan fingerprint density at radius 1 is 1.56 bits per heavy atom. The molecule has 1 heterocycles. The zero-order valence-electron chi connectivity index (χ0n) is 10.6. The van der Waals surface area contributed by atoms with Crippen molar-refractivity contribution in [2.24, 2.45) is 0 Å². The van der Waals surface area contributed by atoms with Gasteiger partial charge in [0.05, 0.1) is 0 Å². The van der Waals surface area contributed by atoms with Crippen LogP contribution in [-0.2, 0) is 0 Å². The van der Waals surface area contributed by atoms with Crippen molar-refractivity contribution in [3.05, 3.63) is 10.6 Å². The van der Waals surface area contributed by atoms with E-state index in [1.54, 1.807) is 6.92 Å². The summed E-state index contributed by atoms with van der Waals surface area (Å²) in [6, 6.07) is 0.434. The Morgan fingerprint density at radius 3 is 2.94 bits per heavy atom. The van der Waals surface area contributed by atoms with E-state index in [2.05, 4.69) is 16.6 Å². The topological polar surface area (TPSA) is 62.2 Å². The number of rotatable bonds is 4. The van der Waals surface area contributed by atoms with Gasteiger partial charge in [-0.25, -0.2) is 9.78 Å². The molecule has 0 saturated heterocycles. The minimum atomic E-state index is -0.942. The number of hydrogen-bond acceptors (Lipinski definition) is 5. The van der Waals surface area contributed by atoms with Gasteiger partial charge in [-0.15, -0.1) is 11.3 Å². The molecule has 0 aromatic carbocycles. The molecule has 0 aliphatic heterocycles. The number of thiazole rings is 1. The second-order valence-electron chi connectivity index (χ2n) is 4.59. The first kappa shape index (κ1) is 13.7. The molecular weight excluding hydrogens is 268 g/mol. The molecule has 4 nitrogen and oxygen atoms in total. The molecule has 2 rings (SSSR count). The van der Waals surface area contributed by atoms with Crippen LogP contribution >= 0.6 is 23.1 Å². The number of aromatic nitrogens is 1. The molecule has 0 spiro atoms. The van der Waals surface area contributed by atoms with Crippen LogP contribution in [0.4, 0.5) is 5.13 Å². The van der Waals surface area contributed by atoms with E-state index in [1.807, 2.05) is 11.8 Å². The number of thioether (sulfide) groups is 1. The van der Waals surface area contributed by atoms with E-state index in [4.69, 9.17) is 5.11 Å². The Bertz CT molecular complexity index is 434. The molecule has 2 atom stereocenters. The molecule has 1 aromatic heterocycles. The molecular formula is C12H18N2O2S2. The highest BCUT2D eigenvalue weighted by molar-refractivity contribution is 7.99. The van der Waals surface area contributed by atoms with Gasteiger partial charge >= 0.3 is 5.97 Å². The van der Waals surface area contributed by atoms with Crippen LogP contribution in [0.25, 0.3) is 0 Å². The normalized spacial score (nSPS) is 23.9. The highest BCUT2D eigenvalue weighted by Crippen LogP contribution is 2.30. The lowest BCUT2D eigenvalue weighted by Crippen LogP contribution is -2.28. The summed E-state index contributed by atoms with van der Waals surface area (Å²) in [6.45, 7) is 1.80. The van der Waals surface area contributed by atoms with E-state index in [0.717, 1.165) is 28.1 Å². The van der Waals surface area contributed by atoms with Crippen molar-refractivity contribution in [1.29, 1.82) is 0 Å². The van der Waals surface area contributed by atoms with Gasteiger partial charge in [-0.2, -0.15) is 11.8 Å². The van der Waals surface area contributed by atoms with E-state index in [0.29, 0.717) is 6.04 Å². The summed E-state index contributed by atoms with van der Waals surface area (Å²) >= 11 is 3.36. The molecule has 2 unspecified atom stereocenters. The quantitative estimate of drug-likeness (QED) is 0.889. The number of carboxylic acids is 1. The van der Waals surface area contributed by atoms with Gasteiger partial charge < -0.3 is 10.4 Å².